The molecule has 0 amide bonds. The van der Waals surface area contributed by atoms with E-state index < -0.39 is 0 Å². The zero-order valence-electron chi connectivity index (χ0n) is 13.2. The van der Waals surface area contributed by atoms with Crippen molar-refractivity contribution >= 4 is 0 Å². The van der Waals surface area contributed by atoms with Crippen molar-refractivity contribution < 1.29 is 9.47 Å². The van der Waals surface area contributed by atoms with E-state index in [0.29, 0.717) is 6.54 Å². The molecule has 1 saturated heterocycles. The van der Waals surface area contributed by atoms with Crippen molar-refractivity contribution in [3.63, 3.8) is 0 Å². The molecule has 0 aromatic heterocycles. The zero-order chi connectivity index (χ0) is 14.5. The number of nitrogens with two attached hydrogens (primary N) is 1. The van der Waals surface area contributed by atoms with Crippen molar-refractivity contribution in [2.75, 3.05) is 54.5 Å². The number of hydrogen-bond donors (Lipinski definition) is 1. The zero-order valence-corrected chi connectivity index (χ0v) is 13.2. The summed E-state index contributed by atoms with van der Waals surface area (Å²) in [6.07, 6.45) is 2.21. The van der Waals surface area contributed by atoms with E-state index in [0.717, 1.165) is 12.5 Å². The van der Waals surface area contributed by atoms with Gasteiger partial charge in [0.05, 0.1) is 5.54 Å². The van der Waals surface area contributed by atoms with Crippen LogP contribution >= 0.6 is 0 Å². The molecule has 0 saturated carbocycles. The molecule has 0 aromatic rings. The van der Waals surface area contributed by atoms with Crippen LogP contribution in [0.1, 0.15) is 19.8 Å². The normalized spacial score (nSPS) is 22.1. The number of piperidine rings is 1. The Kier molecular flexibility index (Phi) is 6.69. The summed E-state index contributed by atoms with van der Waals surface area (Å²) >= 11 is 0. The fraction of sp³-hybridized carbons (Fsp3) is 1.00. The maximum atomic E-state index is 5.98. The van der Waals surface area contributed by atoms with E-state index in [2.05, 4.69) is 30.8 Å². The number of methoxy groups -OCH3 is 2. The van der Waals surface area contributed by atoms with Gasteiger partial charge in [-0.05, 0) is 52.9 Å². The summed E-state index contributed by atoms with van der Waals surface area (Å²) in [4.78, 5) is 4.70. The lowest BCUT2D eigenvalue weighted by Crippen LogP contribution is -2.60. The Bertz CT molecular complexity index is 253. The van der Waals surface area contributed by atoms with Crippen LogP contribution < -0.4 is 5.73 Å². The number of hydrogen-bond acceptors (Lipinski definition) is 5. The molecule has 1 unspecified atom stereocenters. The van der Waals surface area contributed by atoms with Gasteiger partial charge in [0.2, 0.25) is 0 Å². The number of ether oxygens (including phenoxy) is 2. The molecule has 19 heavy (non-hydrogen) atoms. The van der Waals surface area contributed by atoms with E-state index >= 15 is 0 Å². The molecule has 5 heteroatoms. The highest BCUT2D eigenvalue weighted by atomic mass is 16.7. The smallest absolute Gasteiger partial charge is 0.176 e. The summed E-state index contributed by atoms with van der Waals surface area (Å²) < 4.78 is 10.9. The Hall–Kier alpha value is -0.200. The highest BCUT2D eigenvalue weighted by molar-refractivity contribution is 4.90. The summed E-state index contributed by atoms with van der Waals surface area (Å²) in [7, 11) is 7.66. The second-order valence-corrected chi connectivity index (χ2v) is 5.99. The molecule has 114 valence electrons. The molecule has 1 heterocycles. The van der Waals surface area contributed by atoms with Gasteiger partial charge in [0.25, 0.3) is 0 Å². The summed E-state index contributed by atoms with van der Waals surface area (Å²) in [6, 6.07) is 0. The maximum Gasteiger partial charge on any atom is 0.176 e. The Labute approximate surface area is 118 Å². The molecular formula is C14H31N3O2. The highest BCUT2D eigenvalue weighted by Crippen LogP contribution is 2.24. The topological polar surface area (TPSA) is 51.0 Å². The standard InChI is InChI=1S/C14H31N3O2/c1-14(11-15,13(18-4)19-5)17(3)10-12-6-8-16(2)9-7-12/h12-13H,6-11,15H2,1-5H3. The lowest BCUT2D eigenvalue weighted by Gasteiger charge is -2.44. The Morgan fingerprint density at radius 3 is 2.26 bits per heavy atom. The Morgan fingerprint density at radius 2 is 1.84 bits per heavy atom. The van der Waals surface area contributed by atoms with Gasteiger partial charge in [-0.25, -0.2) is 0 Å². The van der Waals surface area contributed by atoms with Crippen LogP contribution in [0.3, 0.4) is 0 Å². The molecule has 2 N–H and O–H groups in total. The molecule has 1 aliphatic heterocycles. The third-order valence-corrected chi connectivity index (χ3v) is 4.59. The lowest BCUT2D eigenvalue weighted by molar-refractivity contribution is -0.179. The van der Waals surface area contributed by atoms with E-state index in [1.165, 1.54) is 25.9 Å². The average molecular weight is 273 g/mol. The molecule has 0 bridgehead atoms. The molecule has 5 nitrogen and oxygen atoms in total. The van der Waals surface area contributed by atoms with Gasteiger partial charge < -0.3 is 20.1 Å². The van der Waals surface area contributed by atoms with Crippen LogP contribution in [0.15, 0.2) is 0 Å². The third kappa shape index (κ3) is 4.13. The van der Waals surface area contributed by atoms with Gasteiger partial charge in [0.15, 0.2) is 6.29 Å². The number of likely N-dealkylation sites (N-methyl/N-ethyl adjacent to an activating group) is 1. The Balaban J connectivity index is 2.60. The molecular weight excluding hydrogens is 242 g/mol. The van der Waals surface area contributed by atoms with E-state index in [1.54, 1.807) is 14.2 Å². The van der Waals surface area contributed by atoms with Crippen LogP contribution in [0.2, 0.25) is 0 Å². The first kappa shape index (κ1) is 16.9. The summed E-state index contributed by atoms with van der Waals surface area (Å²) in [6.45, 7) is 6.05. The van der Waals surface area contributed by atoms with E-state index in [4.69, 9.17) is 15.2 Å². The molecule has 1 atom stereocenters. The van der Waals surface area contributed by atoms with Crippen molar-refractivity contribution in [2.24, 2.45) is 11.7 Å². The molecule has 1 rings (SSSR count). The van der Waals surface area contributed by atoms with Crippen LogP contribution in [0.4, 0.5) is 0 Å². The Morgan fingerprint density at radius 1 is 1.32 bits per heavy atom. The van der Waals surface area contributed by atoms with Gasteiger partial charge in [-0.15, -0.1) is 0 Å². The minimum atomic E-state index is -0.297. The third-order valence-electron chi connectivity index (χ3n) is 4.59. The van der Waals surface area contributed by atoms with Gasteiger partial charge >= 0.3 is 0 Å². The van der Waals surface area contributed by atoms with Gasteiger partial charge in [-0.2, -0.15) is 0 Å². The first-order valence-corrected chi connectivity index (χ1v) is 7.13. The SMILES string of the molecule is COC(OC)C(C)(CN)N(C)CC1CCN(C)CC1. The second kappa shape index (κ2) is 7.55. The first-order chi connectivity index (χ1) is 8.97. The van der Waals surface area contributed by atoms with Gasteiger partial charge in [-0.3, -0.25) is 4.90 Å². The summed E-state index contributed by atoms with van der Waals surface area (Å²) in [5.74, 6) is 0.737. The maximum absolute atomic E-state index is 5.98. The van der Waals surface area contributed by atoms with Gasteiger partial charge in [-0.1, -0.05) is 0 Å². The second-order valence-electron chi connectivity index (χ2n) is 5.99. The summed E-state index contributed by atoms with van der Waals surface area (Å²) in [5, 5.41) is 0. The van der Waals surface area contributed by atoms with E-state index in [9.17, 15) is 0 Å². The van der Waals surface area contributed by atoms with E-state index in [1.807, 2.05) is 0 Å². The van der Waals surface area contributed by atoms with Crippen LogP contribution in [-0.2, 0) is 9.47 Å². The van der Waals surface area contributed by atoms with Gasteiger partial charge in [0, 0.05) is 27.3 Å². The quantitative estimate of drug-likeness (QED) is 0.688. The minimum absolute atomic E-state index is 0.285. The van der Waals surface area contributed by atoms with E-state index in [-0.39, 0.29) is 11.8 Å². The predicted octanol–water partition coefficient (Wildman–Crippen LogP) is 0.596. The largest absolute Gasteiger partial charge is 0.354 e. The molecule has 1 fully saturated rings. The summed E-state index contributed by atoms with van der Waals surface area (Å²) in [5.41, 5.74) is 5.69. The van der Waals surface area contributed by atoms with Crippen LogP contribution in [0.25, 0.3) is 0 Å². The number of likely N-dealkylation sites (tertiary alicyclic amines) is 1. The van der Waals surface area contributed by atoms with Crippen molar-refractivity contribution in [2.45, 2.75) is 31.6 Å². The molecule has 0 spiro atoms. The van der Waals surface area contributed by atoms with Gasteiger partial charge in [0.1, 0.15) is 0 Å². The van der Waals surface area contributed by atoms with Crippen molar-refractivity contribution in [3.05, 3.63) is 0 Å². The predicted molar refractivity (Wildman–Crippen MR) is 78.1 cm³/mol. The molecule has 0 aromatic carbocycles. The van der Waals surface area contributed by atoms with Crippen molar-refractivity contribution in [1.82, 2.24) is 9.80 Å². The first-order valence-electron chi connectivity index (χ1n) is 7.13. The molecule has 0 aliphatic carbocycles. The average Bonchev–Trinajstić information content (AvgIpc) is 2.42. The number of rotatable bonds is 7. The van der Waals surface area contributed by atoms with Crippen LogP contribution in [0.5, 0.6) is 0 Å². The monoisotopic (exact) mass is 273 g/mol. The van der Waals surface area contributed by atoms with Crippen LogP contribution in [-0.4, -0.2) is 76.1 Å². The number of nitrogens with zero attached hydrogens (tertiary/aromatic N) is 2. The lowest BCUT2D eigenvalue weighted by atomic mass is 9.93. The van der Waals surface area contributed by atoms with Crippen LogP contribution in [0, 0.1) is 5.92 Å². The molecule has 1 aliphatic rings. The van der Waals surface area contributed by atoms with Crippen molar-refractivity contribution in [1.29, 1.82) is 0 Å². The molecule has 0 radical (unpaired) electrons. The fourth-order valence-corrected chi connectivity index (χ4v) is 2.88. The van der Waals surface area contributed by atoms with Crippen molar-refractivity contribution in [3.8, 4) is 0 Å². The highest BCUT2D eigenvalue weighted by Gasteiger charge is 2.38. The minimum Gasteiger partial charge on any atom is -0.354 e. The fourth-order valence-electron chi connectivity index (χ4n) is 2.88.